The van der Waals surface area contributed by atoms with Crippen molar-refractivity contribution in [1.82, 2.24) is 0 Å². The zero-order chi connectivity index (χ0) is 10.6. The van der Waals surface area contributed by atoms with Crippen LogP contribution in [0.15, 0.2) is 0 Å². The van der Waals surface area contributed by atoms with E-state index in [1.165, 1.54) is 14.2 Å². The summed E-state index contributed by atoms with van der Waals surface area (Å²) in [5.41, 5.74) is 0. The van der Waals surface area contributed by atoms with Crippen LogP contribution in [-0.4, -0.2) is 36.7 Å². The number of methoxy groups -OCH3 is 2. The second-order valence-electron chi connectivity index (χ2n) is 3.18. The molecule has 1 rings (SSSR count). The molecule has 0 bridgehead atoms. The van der Waals surface area contributed by atoms with E-state index in [1.54, 1.807) is 11.8 Å². The first kappa shape index (κ1) is 11.4. The molecule has 0 aromatic carbocycles. The third-order valence-corrected chi connectivity index (χ3v) is 3.64. The van der Waals surface area contributed by atoms with E-state index < -0.39 is 0 Å². The Morgan fingerprint density at radius 1 is 1.14 bits per heavy atom. The Labute approximate surface area is 87.3 Å². The lowest BCUT2D eigenvalue weighted by atomic mass is 10.1. The molecule has 0 amide bonds. The third-order valence-electron chi connectivity index (χ3n) is 2.15. The number of hydrogen-bond donors (Lipinski definition) is 0. The molecule has 1 aliphatic rings. The number of rotatable bonds is 4. The van der Waals surface area contributed by atoms with Gasteiger partial charge in [-0.15, -0.1) is 0 Å². The van der Waals surface area contributed by atoms with E-state index in [1.807, 2.05) is 0 Å². The van der Waals surface area contributed by atoms with Crippen LogP contribution in [0, 0.1) is 0 Å². The second kappa shape index (κ2) is 5.24. The smallest absolute Gasteiger partial charge is 0.306 e. The lowest BCUT2D eigenvalue weighted by Gasteiger charge is -2.33. The van der Waals surface area contributed by atoms with Gasteiger partial charge in [-0.1, -0.05) is 0 Å². The standard InChI is InChI=1S/C9H14O4S/c1-12-8(10)4-6-3-7(14-6)5-9(11)13-2/h6-7H,3-5H2,1-2H3/t6-,7-/m0/s1. The molecule has 0 radical (unpaired) electrons. The minimum atomic E-state index is -0.181. The first-order chi connectivity index (χ1) is 6.65. The van der Waals surface area contributed by atoms with Crippen LogP contribution in [0.4, 0.5) is 0 Å². The van der Waals surface area contributed by atoms with E-state index in [-0.39, 0.29) is 11.9 Å². The summed E-state index contributed by atoms with van der Waals surface area (Å²) in [4.78, 5) is 21.7. The quantitative estimate of drug-likeness (QED) is 0.658. The Morgan fingerprint density at radius 2 is 1.50 bits per heavy atom. The van der Waals surface area contributed by atoms with Crippen molar-refractivity contribution in [2.75, 3.05) is 14.2 Å². The molecule has 2 atom stereocenters. The fraction of sp³-hybridized carbons (Fsp3) is 0.778. The van der Waals surface area contributed by atoms with Gasteiger partial charge in [-0.05, 0) is 6.42 Å². The Kier molecular flexibility index (Phi) is 4.25. The fourth-order valence-electron chi connectivity index (χ4n) is 1.36. The van der Waals surface area contributed by atoms with Gasteiger partial charge in [0.1, 0.15) is 0 Å². The van der Waals surface area contributed by atoms with Crippen molar-refractivity contribution < 1.29 is 19.1 Å². The average molecular weight is 218 g/mol. The lowest BCUT2D eigenvalue weighted by Crippen LogP contribution is -2.31. The van der Waals surface area contributed by atoms with Gasteiger partial charge in [-0.25, -0.2) is 0 Å². The Bertz CT molecular complexity index is 201. The number of esters is 2. The normalized spacial score (nSPS) is 25.0. The monoisotopic (exact) mass is 218 g/mol. The van der Waals surface area contributed by atoms with Crippen LogP contribution in [0.3, 0.4) is 0 Å². The molecular weight excluding hydrogens is 204 g/mol. The minimum absolute atomic E-state index is 0.181. The molecule has 0 saturated carbocycles. The van der Waals surface area contributed by atoms with E-state index in [0.717, 1.165) is 6.42 Å². The highest BCUT2D eigenvalue weighted by atomic mass is 32.2. The highest BCUT2D eigenvalue weighted by Gasteiger charge is 2.33. The van der Waals surface area contributed by atoms with Crippen molar-refractivity contribution in [3.8, 4) is 0 Å². The van der Waals surface area contributed by atoms with E-state index in [4.69, 9.17) is 0 Å². The summed E-state index contributed by atoms with van der Waals surface area (Å²) in [6.07, 6.45) is 1.78. The van der Waals surface area contributed by atoms with Crippen molar-refractivity contribution in [1.29, 1.82) is 0 Å². The highest BCUT2D eigenvalue weighted by molar-refractivity contribution is 8.01. The van der Waals surface area contributed by atoms with Gasteiger partial charge in [0.25, 0.3) is 0 Å². The van der Waals surface area contributed by atoms with Crippen molar-refractivity contribution in [2.24, 2.45) is 0 Å². The molecule has 1 saturated heterocycles. The summed E-state index contributed by atoms with van der Waals surface area (Å²) in [6.45, 7) is 0. The number of ether oxygens (including phenoxy) is 2. The van der Waals surface area contributed by atoms with Crippen molar-refractivity contribution in [3.05, 3.63) is 0 Å². The molecule has 0 unspecified atom stereocenters. The SMILES string of the molecule is COC(=O)C[C@@H]1C[C@@H](CC(=O)OC)S1. The molecule has 0 aromatic rings. The predicted molar refractivity (Wildman–Crippen MR) is 53.1 cm³/mol. The summed E-state index contributed by atoms with van der Waals surface area (Å²) in [6, 6.07) is 0. The molecule has 5 heteroatoms. The third kappa shape index (κ3) is 3.21. The van der Waals surface area contributed by atoms with Gasteiger partial charge < -0.3 is 9.47 Å². The Balaban J connectivity index is 2.11. The molecule has 0 N–H and O–H groups in total. The molecular formula is C9H14O4S. The number of thioether (sulfide) groups is 1. The van der Waals surface area contributed by atoms with Crippen LogP contribution in [0.5, 0.6) is 0 Å². The maximum atomic E-state index is 10.9. The van der Waals surface area contributed by atoms with Crippen molar-refractivity contribution >= 4 is 23.7 Å². The molecule has 0 aliphatic carbocycles. The van der Waals surface area contributed by atoms with Gasteiger partial charge in [0.05, 0.1) is 27.1 Å². The van der Waals surface area contributed by atoms with Crippen molar-refractivity contribution in [2.45, 2.75) is 29.8 Å². The van der Waals surface area contributed by atoms with E-state index in [2.05, 4.69) is 9.47 Å². The fourth-order valence-corrected chi connectivity index (χ4v) is 2.69. The molecule has 1 heterocycles. The number of hydrogen-bond acceptors (Lipinski definition) is 5. The zero-order valence-electron chi connectivity index (χ0n) is 8.32. The number of carbonyl (C=O) groups is 2. The van der Waals surface area contributed by atoms with E-state index >= 15 is 0 Å². The Hall–Kier alpha value is -0.710. The maximum absolute atomic E-state index is 10.9. The summed E-state index contributed by atoms with van der Waals surface area (Å²) >= 11 is 1.66. The first-order valence-corrected chi connectivity index (χ1v) is 5.39. The average Bonchev–Trinajstić information content (AvgIpc) is 2.13. The van der Waals surface area contributed by atoms with Crippen LogP contribution in [0.1, 0.15) is 19.3 Å². The summed E-state index contributed by atoms with van der Waals surface area (Å²) in [7, 11) is 2.77. The largest absolute Gasteiger partial charge is 0.469 e. The van der Waals surface area contributed by atoms with Gasteiger partial charge in [0, 0.05) is 10.5 Å². The van der Waals surface area contributed by atoms with Crippen LogP contribution in [-0.2, 0) is 19.1 Å². The van der Waals surface area contributed by atoms with Crippen LogP contribution in [0.25, 0.3) is 0 Å². The molecule has 0 aromatic heterocycles. The Morgan fingerprint density at radius 3 is 1.79 bits per heavy atom. The molecule has 4 nitrogen and oxygen atoms in total. The predicted octanol–water partition coefficient (Wildman–Crippen LogP) is 0.987. The first-order valence-electron chi connectivity index (χ1n) is 4.44. The molecule has 1 aliphatic heterocycles. The molecule has 80 valence electrons. The lowest BCUT2D eigenvalue weighted by molar-refractivity contribution is -0.140. The van der Waals surface area contributed by atoms with Crippen molar-refractivity contribution in [3.63, 3.8) is 0 Å². The second-order valence-corrected chi connectivity index (χ2v) is 4.78. The van der Waals surface area contributed by atoms with Gasteiger partial charge in [-0.3, -0.25) is 9.59 Å². The minimum Gasteiger partial charge on any atom is -0.469 e. The topological polar surface area (TPSA) is 52.6 Å². The van der Waals surface area contributed by atoms with Gasteiger partial charge >= 0.3 is 11.9 Å². The number of carbonyl (C=O) groups excluding carboxylic acids is 2. The van der Waals surface area contributed by atoms with Gasteiger partial charge in [0.2, 0.25) is 0 Å². The van der Waals surface area contributed by atoms with Gasteiger partial charge in [0.15, 0.2) is 0 Å². The summed E-state index contributed by atoms with van der Waals surface area (Å²) in [5, 5.41) is 0.634. The van der Waals surface area contributed by atoms with E-state index in [9.17, 15) is 9.59 Å². The molecule has 0 spiro atoms. The maximum Gasteiger partial charge on any atom is 0.306 e. The van der Waals surface area contributed by atoms with Crippen LogP contribution < -0.4 is 0 Å². The molecule has 1 fully saturated rings. The summed E-state index contributed by atoms with van der Waals surface area (Å²) < 4.78 is 9.10. The van der Waals surface area contributed by atoms with Gasteiger partial charge in [-0.2, -0.15) is 11.8 Å². The van der Waals surface area contributed by atoms with Crippen LogP contribution >= 0.6 is 11.8 Å². The summed E-state index contributed by atoms with van der Waals surface area (Å²) in [5.74, 6) is -0.363. The van der Waals surface area contributed by atoms with Crippen LogP contribution in [0.2, 0.25) is 0 Å². The van der Waals surface area contributed by atoms with E-state index in [0.29, 0.717) is 23.3 Å². The zero-order valence-corrected chi connectivity index (χ0v) is 9.13. The molecule has 14 heavy (non-hydrogen) atoms. The highest BCUT2D eigenvalue weighted by Crippen LogP contribution is 2.40.